The molecule has 4 aromatic rings. The largest absolute Gasteiger partial charge is 0.356 e. The molecule has 2 aromatic carbocycles. The zero-order chi connectivity index (χ0) is 20.9. The average Bonchev–Trinajstić information content (AvgIpc) is 3.38. The molecule has 0 spiro atoms. The number of nitrogens with zero attached hydrogens (tertiary/aromatic N) is 1. The van der Waals surface area contributed by atoms with Gasteiger partial charge in [-0.3, -0.25) is 4.79 Å². The van der Waals surface area contributed by atoms with Gasteiger partial charge in [-0.2, -0.15) is 0 Å². The normalized spacial score (nSPS) is 11.1. The van der Waals surface area contributed by atoms with Gasteiger partial charge in [0.25, 0.3) is 0 Å². The van der Waals surface area contributed by atoms with E-state index in [0.29, 0.717) is 13.0 Å². The second kappa shape index (κ2) is 9.31. The van der Waals surface area contributed by atoms with Gasteiger partial charge in [-0.15, -0.1) is 11.3 Å². The Hall–Kier alpha value is -2.85. The van der Waals surface area contributed by atoms with Gasteiger partial charge in [-0.25, -0.2) is 0 Å². The molecule has 0 unspecified atom stereocenters. The number of thiophene rings is 1. The second-order valence-corrected chi connectivity index (χ2v) is 8.94. The standard InChI is InChI=1S/C26H28N2OS/c1-19-9-10-20(2)22(16-19)18-28-17-21(24-7-3-4-8-25(24)28)11-12-26(29)27-14-13-23-6-5-15-30-23/h3-10,15-17H,11-14,18H2,1-2H3,(H,27,29). The molecule has 0 aliphatic heterocycles. The van der Waals surface area contributed by atoms with Crippen LogP contribution in [0.4, 0.5) is 0 Å². The monoisotopic (exact) mass is 416 g/mol. The van der Waals surface area contributed by atoms with E-state index >= 15 is 0 Å². The summed E-state index contributed by atoms with van der Waals surface area (Å²) in [6, 6.07) is 19.3. The highest BCUT2D eigenvalue weighted by Crippen LogP contribution is 2.24. The molecule has 1 N–H and O–H groups in total. The summed E-state index contributed by atoms with van der Waals surface area (Å²) in [5, 5.41) is 6.38. The molecule has 0 aliphatic rings. The van der Waals surface area contributed by atoms with Crippen LogP contribution in [0, 0.1) is 13.8 Å². The van der Waals surface area contributed by atoms with Gasteiger partial charge in [0.15, 0.2) is 0 Å². The molecule has 0 fully saturated rings. The van der Waals surface area contributed by atoms with Gasteiger partial charge < -0.3 is 9.88 Å². The van der Waals surface area contributed by atoms with Crippen LogP contribution in [0.1, 0.15) is 33.6 Å². The number of amides is 1. The van der Waals surface area contributed by atoms with E-state index < -0.39 is 0 Å². The second-order valence-electron chi connectivity index (χ2n) is 7.91. The molecule has 30 heavy (non-hydrogen) atoms. The van der Waals surface area contributed by atoms with Crippen molar-refractivity contribution < 1.29 is 4.79 Å². The molecule has 2 heterocycles. The SMILES string of the molecule is Cc1ccc(C)c(Cn2cc(CCC(=O)NCCc3cccs3)c3ccccc32)c1. The van der Waals surface area contributed by atoms with Crippen molar-refractivity contribution in [1.82, 2.24) is 9.88 Å². The molecule has 3 nitrogen and oxygen atoms in total. The quantitative estimate of drug-likeness (QED) is 0.395. The maximum atomic E-state index is 12.3. The predicted molar refractivity (Wildman–Crippen MR) is 126 cm³/mol. The summed E-state index contributed by atoms with van der Waals surface area (Å²) in [5.41, 5.74) is 6.40. The molecule has 1 amide bonds. The van der Waals surface area contributed by atoms with Gasteiger partial charge in [0, 0.05) is 41.5 Å². The maximum absolute atomic E-state index is 12.3. The third kappa shape index (κ3) is 4.82. The molecule has 0 aliphatic carbocycles. The number of benzene rings is 2. The summed E-state index contributed by atoms with van der Waals surface area (Å²) >= 11 is 1.74. The lowest BCUT2D eigenvalue weighted by Gasteiger charge is -2.09. The van der Waals surface area contributed by atoms with Gasteiger partial charge in [0.1, 0.15) is 0 Å². The topological polar surface area (TPSA) is 34.0 Å². The van der Waals surface area contributed by atoms with Crippen LogP contribution in [0.2, 0.25) is 0 Å². The van der Waals surface area contributed by atoms with Crippen LogP contribution in [0.3, 0.4) is 0 Å². The number of aryl methyl sites for hydroxylation is 3. The number of nitrogens with one attached hydrogen (secondary N) is 1. The summed E-state index contributed by atoms with van der Waals surface area (Å²) in [5.74, 6) is 0.123. The lowest BCUT2D eigenvalue weighted by atomic mass is 10.1. The van der Waals surface area contributed by atoms with Crippen LogP contribution >= 0.6 is 11.3 Å². The lowest BCUT2D eigenvalue weighted by molar-refractivity contribution is -0.121. The minimum Gasteiger partial charge on any atom is -0.356 e. The first-order valence-electron chi connectivity index (χ1n) is 10.5. The fraction of sp³-hybridized carbons (Fsp3) is 0.269. The molecule has 0 radical (unpaired) electrons. The van der Waals surface area contributed by atoms with Crippen molar-refractivity contribution in [3.8, 4) is 0 Å². The number of hydrogen-bond donors (Lipinski definition) is 1. The highest BCUT2D eigenvalue weighted by Gasteiger charge is 2.11. The Balaban J connectivity index is 1.44. The van der Waals surface area contributed by atoms with Crippen LogP contribution in [0.15, 0.2) is 66.2 Å². The van der Waals surface area contributed by atoms with E-state index in [0.717, 1.165) is 19.4 Å². The van der Waals surface area contributed by atoms with E-state index in [1.54, 1.807) is 11.3 Å². The van der Waals surface area contributed by atoms with Crippen molar-refractivity contribution in [3.63, 3.8) is 0 Å². The van der Waals surface area contributed by atoms with E-state index in [4.69, 9.17) is 0 Å². The highest BCUT2D eigenvalue weighted by atomic mass is 32.1. The first-order valence-corrected chi connectivity index (χ1v) is 11.4. The molecule has 154 valence electrons. The van der Waals surface area contributed by atoms with Crippen LogP contribution in [-0.4, -0.2) is 17.0 Å². The van der Waals surface area contributed by atoms with Gasteiger partial charge in [-0.1, -0.05) is 48.0 Å². The van der Waals surface area contributed by atoms with Crippen molar-refractivity contribution in [1.29, 1.82) is 0 Å². The molecule has 2 aromatic heterocycles. The molecular formula is C26H28N2OS. The van der Waals surface area contributed by atoms with Gasteiger partial charge >= 0.3 is 0 Å². The Morgan fingerprint density at radius 1 is 1.00 bits per heavy atom. The van der Waals surface area contributed by atoms with Crippen molar-refractivity contribution in [2.75, 3.05) is 6.54 Å². The summed E-state index contributed by atoms with van der Waals surface area (Å²) in [4.78, 5) is 13.7. The molecule has 0 atom stereocenters. The zero-order valence-corrected chi connectivity index (χ0v) is 18.5. The molecule has 4 heteroatoms. The van der Waals surface area contributed by atoms with Crippen molar-refractivity contribution in [2.24, 2.45) is 0 Å². The first-order chi connectivity index (χ1) is 14.6. The Labute approximate surface area is 182 Å². The van der Waals surface area contributed by atoms with E-state index in [-0.39, 0.29) is 5.91 Å². The van der Waals surface area contributed by atoms with Crippen LogP contribution in [-0.2, 0) is 24.2 Å². The third-order valence-electron chi connectivity index (χ3n) is 5.61. The number of aromatic nitrogens is 1. The fourth-order valence-corrected chi connectivity index (χ4v) is 4.63. The molecule has 0 saturated carbocycles. The summed E-state index contributed by atoms with van der Waals surface area (Å²) < 4.78 is 2.32. The van der Waals surface area contributed by atoms with Crippen molar-refractivity contribution in [3.05, 3.63) is 93.3 Å². The Kier molecular flexibility index (Phi) is 6.34. The van der Waals surface area contributed by atoms with Gasteiger partial charge in [0.05, 0.1) is 0 Å². The minimum atomic E-state index is 0.123. The summed E-state index contributed by atoms with van der Waals surface area (Å²) in [6.45, 7) is 5.86. The number of rotatable bonds is 8. The van der Waals surface area contributed by atoms with Crippen LogP contribution < -0.4 is 5.32 Å². The van der Waals surface area contributed by atoms with E-state index in [2.05, 4.69) is 89.9 Å². The fourth-order valence-electron chi connectivity index (χ4n) is 3.92. The lowest BCUT2D eigenvalue weighted by Crippen LogP contribution is -2.25. The number of para-hydroxylation sites is 1. The van der Waals surface area contributed by atoms with E-state index in [1.807, 2.05) is 0 Å². The van der Waals surface area contributed by atoms with E-state index in [1.165, 1.54) is 38.0 Å². The van der Waals surface area contributed by atoms with E-state index in [9.17, 15) is 4.79 Å². The van der Waals surface area contributed by atoms with Crippen molar-refractivity contribution >= 4 is 28.1 Å². The van der Waals surface area contributed by atoms with Gasteiger partial charge in [-0.05, 0) is 60.9 Å². The summed E-state index contributed by atoms with van der Waals surface area (Å²) in [6.07, 6.45) is 4.40. The highest BCUT2D eigenvalue weighted by molar-refractivity contribution is 7.09. The summed E-state index contributed by atoms with van der Waals surface area (Å²) in [7, 11) is 0. The Morgan fingerprint density at radius 2 is 1.87 bits per heavy atom. The first kappa shape index (κ1) is 20.4. The Bertz CT molecular complexity index is 1140. The molecular weight excluding hydrogens is 388 g/mol. The minimum absolute atomic E-state index is 0.123. The number of carbonyl (C=O) groups is 1. The number of hydrogen-bond acceptors (Lipinski definition) is 2. The Morgan fingerprint density at radius 3 is 2.70 bits per heavy atom. The smallest absolute Gasteiger partial charge is 0.220 e. The van der Waals surface area contributed by atoms with Crippen LogP contribution in [0.25, 0.3) is 10.9 Å². The number of fused-ring (bicyclic) bond motifs is 1. The van der Waals surface area contributed by atoms with Crippen molar-refractivity contribution in [2.45, 2.75) is 39.7 Å². The maximum Gasteiger partial charge on any atom is 0.220 e. The zero-order valence-electron chi connectivity index (χ0n) is 17.7. The predicted octanol–water partition coefficient (Wildman–Crippen LogP) is 5.66. The van der Waals surface area contributed by atoms with Crippen LogP contribution in [0.5, 0.6) is 0 Å². The number of carbonyl (C=O) groups excluding carboxylic acids is 1. The average molecular weight is 417 g/mol. The molecule has 0 bridgehead atoms. The van der Waals surface area contributed by atoms with Gasteiger partial charge in [0.2, 0.25) is 5.91 Å². The third-order valence-corrected chi connectivity index (χ3v) is 6.55. The molecule has 4 rings (SSSR count). The molecule has 0 saturated heterocycles.